The minimum absolute atomic E-state index is 0.467. The Balaban J connectivity index is 1.81. The Hall–Kier alpha value is -1.35. The maximum absolute atomic E-state index is 4.33. The number of fused-ring (bicyclic) bond motifs is 1. The first-order chi connectivity index (χ1) is 8.33. The van der Waals surface area contributed by atoms with Crippen LogP contribution in [0.4, 0.5) is 5.69 Å². The number of aryl methyl sites for hydroxylation is 2. The van der Waals surface area contributed by atoms with Crippen molar-refractivity contribution in [3.63, 3.8) is 0 Å². The second-order valence-electron chi connectivity index (χ2n) is 4.58. The first-order valence-corrected chi connectivity index (χ1v) is 6.96. The summed E-state index contributed by atoms with van der Waals surface area (Å²) in [7, 11) is 0. The van der Waals surface area contributed by atoms with Gasteiger partial charge in [-0.1, -0.05) is 0 Å². The molecule has 0 aliphatic heterocycles. The molecule has 0 fully saturated rings. The van der Waals surface area contributed by atoms with Crippen molar-refractivity contribution < 1.29 is 0 Å². The molecule has 1 aliphatic carbocycles. The molecule has 3 rings (SSSR count). The molecule has 0 saturated heterocycles. The second kappa shape index (κ2) is 4.49. The Morgan fingerprint density at radius 3 is 3.12 bits per heavy atom. The lowest BCUT2D eigenvalue weighted by Crippen LogP contribution is -2.15. The molecule has 1 atom stereocenters. The van der Waals surface area contributed by atoms with Gasteiger partial charge in [0.1, 0.15) is 0 Å². The number of rotatable bonds is 2. The average molecular weight is 244 g/mol. The van der Waals surface area contributed by atoms with Crippen molar-refractivity contribution in [2.45, 2.75) is 32.2 Å². The Morgan fingerprint density at radius 2 is 2.29 bits per heavy atom. The van der Waals surface area contributed by atoms with Gasteiger partial charge in [-0.15, -0.1) is 11.3 Å². The number of aromatic nitrogens is 1. The molecule has 17 heavy (non-hydrogen) atoms. The van der Waals surface area contributed by atoms with Crippen LogP contribution in [0.3, 0.4) is 0 Å². The van der Waals surface area contributed by atoms with Gasteiger partial charge in [0.15, 0.2) is 0 Å². The lowest BCUT2D eigenvalue weighted by molar-refractivity contribution is 0.608. The molecule has 2 aromatic heterocycles. The Bertz CT molecular complexity index is 501. The standard InChI is InChI=1S/C14H16N2S/c1-10-5-6-11(9-15-10)16-13-3-2-4-14-12(13)7-8-17-14/h5-9,13,16H,2-4H2,1H3. The van der Waals surface area contributed by atoms with Gasteiger partial charge in [0, 0.05) is 10.6 Å². The minimum Gasteiger partial charge on any atom is -0.377 e. The number of nitrogens with one attached hydrogen (secondary N) is 1. The molecule has 0 amide bonds. The predicted molar refractivity (Wildman–Crippen MR) is 72.6 cm³/mol. The smallest absolute Gasteiger partial charge is 0.0531 e. The average Bonchev–Trinajstić information content (AvgIpc) is 2.81. The summed E-state index contributed by atoms with van der Waals surface area (Å²) >= 11 is 1.89. The first-order valence-electron chi connectivity index (χ1n) is 6.08. The zero-order valence-electron chi connectivity index (χ0n) is 9.94. The zero-order chi connectivity index (χ0) is 11.7. The normalized spacial score (nSPS) is 18.8. The van der Waals surface area contributed by atoms with Gasteiger partial charge >= 0.3 is 0 Å². The van der Waals surface area contributed by atoms with Crippen LogP contribution in [0, 0.1) is 6.92 Å². The lowest BCUT2D eigenvalue weighted by Gasteiger charge is -2.24. The first kappa shape index (κ1) is 10.8. The van der Waals surface area contributed by atoms with Crippen LogP contribution in [0.25, 0.3) is 0 Å². The van der Waals surface area contributed by atoms with Gasteiger partial charge in [0.05, 0.1) is 17.9 Å². The Labute approximate surface area is 106 Å². The number of thiophene rings is 1. The number of hydrogen-bond donors (Lipinski definition) is 1. The molecule has 2 heterocycles. The largest absolute Gasteiger partial charge is 0.377 e. The molecule has 0 bridgehead atoms. The van der Waals surface area contributed by atoms with Crippen molar-refractivity contribution in [3.05, 3.63) is 45.9 Å². The number of nitrogens with zero attached hydrogens (tertiary/aromatic N) is 1. The molecule has 2 nitrogen and oxygen atoms in total. The number of pyridine rings is 1. The van der Waals surface area contributed by atoms with Gasteiger partial charge in [-0.2, -0.15) is 0 Å². The summed E-state index contributed by atoms with van der Waals surface area (Å²) in [6.07, 6.45) is 5.68. The zero-order valence-corrected chi connectivity index (χ0v) is 10.8. The van der Waals surface area contributed by atoms with Crippen LogP contribution >= 0.6 is 11.3 Å². The van der Waals surface area contributed by atoms with Crippen LogP contribution in [0.15, 0.2) is 29.8 Å². The van der Waals surface area contributed by atoms with E-state index >= 15 is 0 Å². The van der Waals surface area contributed by atoms with Crippen molar-refractivity contribution in [1.82, 2.24) is 4.98 Å². The fourth-order valence-electron chi connectivity index (χ4n) is 2.39. The summed E-state index contributed by atoms with van der Waals surface area (Å²) in [5.41, 5.74) is 3.68. The highest BCUT2D eigenvalue weighted by Crippen LogP contribution is 2.35. The SMILES string of the molecule is Cc1ccc(NC2CCCc3sccc32)cn1. The third-order valence-corrected chi connectivity index (χ3v) is 4.30. The highest BCUT2D eigenvalue weighted by Gasteiger charge is 2.20. The van der Waals surface area contributed by atoms with E-state index < -0.39 is 0 Å². The molecular weight excluding hydrogens is 228 g/mol. The summed E-state index contributed by atoms with van der Waals surface area (Å²) in [6, 6.07) is 6.90. The van der Waals surface area contributed by atoms with Crippen LogP contribution in [0.5, 0.6) is 0 Å². The molecule has 0 saturated carbocycles. The third-order valence-electron chi connectivity index (χ3n) is 3.30. The monoisotopic (exact) mass is 244 g/mol. The van der Waals surface area contributed by atoms with Crippen LogP contribution in [-0.4, -0.2) is 4.98 Å². The van der Waals surface area contributed by atoms with E-state index in [0.717, 1.165) is 11.4 Å². The van der Waals surface area contributed by atoms with Gasteiger partial charge < -0.3 is 5.32 Å². The highest BCUT2D eigenvalue weighted by atomic mass is 32.1. The molecule has 88 valence electrons. The van der Waals surface area contributed by atoms with E-state index in [1.165, 1.54) is 24.8 Å². The fourth-order valence-corrected chi connectivity index (χ4v) is 3.38. The summed E-state index contributed by atoms with van der Waals surface area (Å²) in [4.78, 5) is 5.88. The van der Waals surface area contributed by atoms with Gasteiger partial charge in [0.25, 0.3) is 0 Å². The third kappa shape index (κ3) is 2.20. The molecule has 0 aromatic carbocycles. The van der Waals surface area contributed by atoms with Crippen molar-refractivity contribution in [2.75, 3.05) is 5.32 Å². The molecule has 3 heteroatoms. The van der Waals surface area contributed by atoms with Gasteiger partial charge in [-0.3, -0.25) is 4.98 Å². The lowest BCUT2D eigenvalue weighted by atomic mass is 9.94. The van der Waals surface area contributed by atoms with Crippen molar-refractivity contribution in [1.29, 1.82) is 0 Å². The minimum atomic E-state index is 0.467. The van der Waals surface area contributed by atoms with E-state index in [1.807, 2.05) is 24.5 Å². The maximum Gasteiger partial charge on any atom is 0.0531 e. The summed E-state index contributed by atoms with van der Waals surface area (Å²) in [6.45, 7) is 2.02. The maximum atomic E-state index is 4.33. The van der Waals surface area contributed by atoms with Gasteiger partial charge in [-0.25, -0.2) is 0 Å². The van der Waals surface area contributed by atoms with E-state index in [0.29, 0.717) is 6.04 Å². The van der Waals surface area contributed by atoms with Crippen LogP contribution in [0.2, 0.25) is 0 Å². The van der Waals surface area contributed by atoms with Crippen molar-refractivity contribution >= 4 is 17.0 Å². The summed E-state index contributed by atoms with van der Waals surface area (Å²) in [5, 5.41) is 5.80. The predicted octanol–water partition coefficient (Wildman–Crippen LogP) is 3.94. The number of hydrogen-bond acceptors (Lipinski definition) is 3. The molecule has 1 aliphatic rings. The molecule has 0 spiro atoms. The van der Waals surface area contributed by atoms with E-state index in [9.17, 15) is 0 Å². The van der Waals surface area contributed by atoms with E-state index in [-0.39, 0.29) is 0 Å². The molecule has 1 N–H and O–H groups in total. The fraction of sp³-hybridized carbons (Fsp3) is 0.357. The van der Waals surface area contributed by atoms with Gasteiger partial charge in [-0.05, 0) is 55.3 Å². The topological polar surface area (TPSA) is 24.9 Å². The molecular formula is C14H16N2S. The van der Waals surface area contributed by atoms with E-state index in [1.54, 1.807) is 4.88 Å². The van der Waals surface area contributed by atoms with Crippen molar-refractivity contribution in [2.24, 2.45) is 0 Å². The summed E-state index contributed by atoms with van der Waals surface area (Å²) < 4.78 is 0. The quantitative estimate of drug-likeness (QED) is 0.865. The van der Waals surface area contributed by atoms with Crippen LogP contribution in [0.1, 0.15) is 35.0 Å². The highest BCUT2D eigenvalue weighted by molar-refractivity contribution is 7.10. The van der Waals surface area contributed by atoms with Crippen molar-refractivity contribution in [3.8, 4) is 0 Å². The van der Waals surface area contributed by atoms with Gasteiger partial charge in [0.2, 0.25) is 0 Å². The molecule has 0 radical (unpaired) electrons. The second-order valence-corrected chi connectivity index (χ2v) is 5.58. The summed E-state index contributed by atoms with van der Waals surface area (Å²) in [5.74, 6) is 0. The Morgan fingerprint density at radius 1 is 1.35 bits per heavy atom. The van der Waals surface area contributed by atoms with Crippen LogP contribution < -0.4 is 5.32 Å². The Kier molecular flexibility index (Phi) is 2.85. The van der Waals surface area contributed by atoms with E-state index in [2.05, 4.69) is 33.9 Å². The van der Waals surface area contributed by atoms with Crippen LogP contribution in [-0.2, 0) is 6.42 Å². The number of anilines is 1. The van der Waals surface area contributed by atoms with E-state index in [4.69, 9.17) is 0 Å². The molecule has 1 unspecified atom stereocenters. The molecule has 2 aromatic rings.